The molecule has 0 aliphatic carbocycles. The van der Waals surface area contributed by atoms with Crippen LogP contribution >= 0.6 is 7.82 Å². The molecule has 548 valence electrons. The third kappa shape index (κ3) is 79.3. The number of ether oxygens (including phenoxy) is 2. The lowest BCUT2D eigenvalue weighted by atomic mass is 10.0. The van der Waals surface area contributed by atoms with Gasteiger partial charge in [0.15, 0.2) is 6.10 Å². The second kappa shape index (κ2) is 74.6. The summed E-state index contributed by atoms with van der Waals surface area (Å²) in [5.41, 5.74) is 0. The highest BCUT2D eigenvalue weighted by Gasteiger charge is 2.22. The molecule has 2 unspecified atom stereocenters. The number of quaternary nitrogens is 1. The molecule has 95 heavy (non-hydrogen) atoms. The van der Waals surface area contributed by atoms with Gasteiger partial charge in [-0.15, -0.1) is 0 Å². The quantitative estimate of drug-likeness (QED) is 0.0195. The summed E-state index contributed by atoms with van der Waals surface area (Å²) in [6, 6.07) is 0. The van der Waals surface area contributed by atoms with Crippen LogP contribution in [-0.2, 0) is 32.7 Å². The fraction of sp³-hybridized carbons (Fsp3) is 0.741. The molecule has 0 bridgehead atoms. The first-order valence-corrected chi connectivity index (χ1v) is 41.2. The summed E-state index contributed by atoms with van der Waals surface area (Å²) in [6.07, 6.45) is 107. The molecule has 0 aliphatic heterocycles. The van der Waals surface area contributed by atoms with Gasteiger partial charge in [-0.05, 0) is 89.9 Å². The van der Waals surface area contributed by atoms with Crippen LogP contribution in [0.1, 0.15) is 354 Å². The molecule has 9 nitrogen and oxygen atoms in total. The largest absolute Gasteiger partial charge is 0.756 e. The van der Waals surface area contributed by atoms with Crippen LogP contribution in [0.25, 0.3) is 0 Å². The number of nitrogens with zero attached hydrogens (tertiary/aromatic N) is 1. The van der Waals surface area contributed by atoms with Gasteiger partial charge in [-0.2, -0.15) is 0 Å². The van der Waals surface area contributed by atoms with Crippen molar-refractivity contribution in [1.82, 2.24) is 0 Å². The monoisotopic (exact) mass is 1340 g/mol. The van der Waals surface area contributed by atoms with Crippen molar-refractivity contribution < 1.29 is 42.1 Å². The van der Waals surface area contributed by atoms with E-state index in [0.29, 0.717) is 17.4 Å². The Bertz CT molecular complexity index is 2020. The van der Waals surface area contributed by atoms with E-state index in [1.54, 1.807) is 0 Å². The van der Waals surface area contributed by atoms with Gasteiger partial charge in [0, 0.05) is 12.8 Å². The molecule has 0 amide bonds. The van der Waals surface area contributed by atoms with E-state index in [4.69, 9.17) is 18.5 Å². The van der Waals surface area contributed by atoms with Gasteiger partial charge in [-0.25, -0.2) is 0 Å². The lowest BCUT2D eigenvalue weighted by Crippen LogP contribution is -2.37. The Labute approximate surface area is 588 Å². The van der Waals surface area contributed by atoms with Crippen molar-refractivity contribution in [1.29, 1.82) is 0 Å². The summed E-state index contributed by atoms with van der Waals surface area (Å²) in [6.45, 7) is 4.16. The number of allylic oxidation sites excluding steroid dienone is 20. The van der Waals surface area contributed by atoms with Gasteiger partial charge in [0.1, 0.15) is 19.8 Å². The van der Waals surface area contributed by atoms with Gasteiger partial charge in [0.05, 0.1) is 27.7 Å². The van der Waals surface area contributed by atoms with Crippen molar-refractivity contribution in [3.8, 4) is 0 Å². The SMILES string of the molecule is CC/C=C\C/C=C\C/C=C\C/C=C\C/C=C\C/C=C\C/C=C\C/C=C\C/C=C\C/C=C\CCCCCCCCCCC(=O)OC(COC(=O)CCCCCCCCCCCCCCCCCCCCCCCCCCCCCCCCCC)COP(=O)([O-])OCC[N+](C)(C)C. The van der Waals surface area contributed by atoms with Crippen molar-refractivity contribution >= 4 is 19.8 Å². The van der Waals surface area contributed by atoms with E-state index in [2.05, 4.69) is 135 Å². The molecule has 0 aliphatic rings. The minimum absolute atomic E-state index is 0.0361. The first-order valence-electron chi connectivity index (χ1n) is 39.7. The van der Waals surface area contributed by atoms with E-state index in [0.717, 1.165) is 109 Å². The highest BCUT2D eigenvalue weighted by Crippen LogP contribution is 2.38. The van der Waals surface area contributed by atoms with Crippen LogP contribution in [0.5, 0.6) is 0 Å². The van der Waals surface area contributed by atoms with Crippen molar-refractivity contribution in [3.63, 3.8) is 0 Å². The molecule has 0 spiro atoms. The van der Waals surface area contributed by atoms with E-state index in [1.165, 1.54) is 212 Å². The number of carbonyl (C=O) groups excluding carboxylic acids is 2. The topological polar surface area (TPSA) is 111 Å². The average Bonchev–Trinajstić information content (AvgIpc) is 2.18. The van der Waals surface area contributed by atoms with Crippen molar-refractivity contribution in [2.45, 2.75) is 360 Å². The molecule has 0 aromatic rings. The molecule has 0 aromatic carbocycles. The molecule has 2 atom stereocenters. The zero-order chi connectivity index (χ0) is 69.0. The van der Waals surface area contributed by atoms with Crippen molar-refractivity contribution in [3.05, 3.63) is 122 Å². The van der Waals surface area contributed by atoms with Crippen molar-refractivity contribution in [2.24, 2.45) is 0 Å². The summed E-state index contributed by atoms with van der Waals surface area (Å²) >= 11 is 0. The Kier molecular flexibility index (Phi) is 71.8. The molecule has 0 aromatic heterocycles. The standard InChI is InChI=1S/C85H150NO8P/c1-6-8-10-12-14-16-18-20-22-24-26-28-30-32-34-36-38-40-41-42-43-44-45-46-48-50-52-54-56-58-60-62-64-66-68-70-72-74-76-78-85(88)94-83(82-93-95(89,90)92-80-79-86(3,4)5)81-91-84(87)77-75-73-71-69-67-65-63-61-59-57-55-53-51-49-47-39-37-35-33-31-29-27-25-23-21-19-17-15-13-11-9-7-2/h8,10,14,16,20,22,26,28,32,34,38,40,42-43,45-46,50,52,56,58,83H,6-7,9,11-13,15,17-19,21,23-25,27,29-31,33,35-37,39,41,44,47-49,51,53-55,57,59-82H2,1-5H3/b10-8-,16-14-,22-20-,28-26-,34-32-,40-38-,43-42-,46-45-,52-50-,58-56-. The van der Waals surface area contributed by atoms with E-state index < -0.39 is 26.5 Å². The predicted molar refractivity (Wildman–Crippen MR) is 411 cm³/mol. The Morgan fingerprint density at radius 1 is 0.337 bits per heavy atom. The van der Waals surface area contributed by atoms with Crippen LogP contribution in [0.15, 0.2) is 122 Å². The first kappa shape index (κ1) is 91.4. The van der Waals surface area contributed by atoms with Crippen LogP contribution in [0, 0.1) is 0 Å². The number of hydrogen-bond acceptors (Lipinski definition) is 8. The Morgan fingerprint density at radius 3 is 0.895 bits per heavy atom. The lowest BCUT2D eigenvalue weighted by Gasteiger charge is -2.28. The van der Waals surface area contributed by atoms with Gasteiger partial charge in [0.25, 0.3) is 7.82 Å². The van der Waals surface area contributed by atoms with Crippen LogP contribution in [0.2, 0.25) is 0 Å². The van der Waals surface area contributed by atoms with E-state index >= 15 is 0 Å². The second-order valence-corrected chi connectivity index (χ2v) is 29.1. The number of phosphoric ester groups is 1. The molecule has 0 fully saturated rings. The molecule has 0 saturated carbocycles. The highest BCUT2D eigenvalue weighted by atomic mass is 31.2. The van der Waals surface area contributed by atoms with Gasteiger partial charge >= 0.3 is 11.9 Å². The number of hydrogen-bond donors (Lipinski definition) is 0. The molecule has 0 N–H and O–H groups in total. The summed E-state index contributed by atoms with van der Waals surface area (Å²) in [4.78, 5) is 38.2. The number of carbonyl (C=O) groups is 2. The maximum Gasteiger partial charge on any atom is 0.306 e. The fourth-order valence-electron chi connectivity index (χ4n) is 11.2. The number of rotatable bonds is 73. The zero-order valence-electron chi connectivity index (χ0n) is 62.6. The average molecular weight is 1350 g/mol. The van der Waals surface area contributed by atoms with Gasteiger partial charge in [-0.3, -0.25) is 14.2 Å². The molecular formula is C85H150NO8P. The normalized spacial score (nSPS) is 13.7. The first-order chi connectivity index (χ1) is 46.5. The Hall–Kier alpha value is -3.59. The summed E-state index contributed by atoms with van der Waals surface area (Å²) in [7, 11) is 1.16. The minimum atomic E-state index is -4.65. The van der Waals surface area contributed by atoms with Gasteiger partial charge in [-0.1, -0.05) is 373 Å². The number of likely N-dealkylation sites (N-methyl/N-ethyl adjacent to an activating group) is 1. The van der Waals surface area contributed by atoms with E-state index in [1.807, 2.05) is 21.1 Å². The number of unbranched alkanes of at least 4 members (excludes halogenated alkanes) is 39. The maximum absolute atomic E-state index is 12.9. The van der Waals surface area contributed by atoms with Crippen LogP contribution in [0.3, 0.4) is 0 Å². The summed E-state index contributed by atoms with van der Waals surface area (Å²) < 4.78 is 34.4. The van der Waals surface area contributed by atoms with E-state index in [-0.39, 0.29) is 32.0 Å². The minimum Gasteiger partial charge on any atom is -0.756 e. The van der Waals surface area contributed by atoms with Crippen LogP contribution in [-0.4, -0.2) is 70.0 Å². The van der Waals surface area contributed by atoms with E-state index in [9.17, 15) is 19.0 Å². The van der Waals surface area contributed by atoms with Gasteiger partial charge < -0.3 is 27.9 Å². The zero-order valence-corrected chi connectivity index (χ0v) is 63.5. The highest BCUT2D eigenvalue weighted by molar-refractivity contribution is 7.45. The summed E-state index contributed by atoms with van der Waals surface area (Å²) in [5.74, 6) is -0.834. The smallest absolute Gasteiger partial charge is 0.306 e. The molecular weight excluding hydrogens is 1190 g/mol. The summed E-state index contributed by atoms with van der Waals surface area (Å²) in [5, 5.41) is 0. The molecule has 0 saturated heterocycles. The molecule has 10 heteroatoms. The van der Waals surface area contributed by atoms with Crippen LogP contribution in [0.4, 0.5) is 0 Å². The Balaban J connectivity index is 4.03. The Morgan fingerprint density at radius 2 is 0.600 bits per heavy atom. The van der Waals surface area contributed by atoms with Gasteiger partial charge in [0.2, 0.25) is 0 Å². The molecule has 0 radical (unpaired) electrons. The second-order valence-electron chi connectivity index (χ2n) is 27.7. The van der Waals surface area contributed by atoms with Crippen molar-refractivity contribution in [2.75, 3.05) is 47.5 Å². The number of phosphoric acid groups is 1. The lowest BCUT2D eigenvalue weighted by molar-refractivity contribution is -0.870. The third-order valence-electron chi connectivity index (χ3n) is 17.2. The molecule has 0 rings (SSSR count). The predicted octanol–water partition coefficient (Wildman–Crippen LogP) is 25.9. The number of esters is 2. The third-order valence-corrected chi connectivity index (χ3v) is 18.2. The molecule has 0 heterocycles. The maximum atomic E-state index is 12.9. The van der Waals surface area contributed by atoms with Crippen LogP contribution < -0.4 is 4.89 Å². The fourth-order valence-corrected chi connectivity index (χ4v) is 11.9.